The highest BCUT2D eigenvalue weighted by Crippen LogP contribution is 2.41. The van der Waals surface area contributed by atoms with E-state index in [-0.39, 0.29) is 11.7 Å². The quantitative estimate of drug-likeness (QED) is 0.0826. The fraction of sp³-hybridized carbons (Fsp3) is 0.100. The Morgan fingerprint density at radius 3 is 2.43 bits per heavy atom. The first-order valence-corrected chi connectivity index (χ1v) is 17.1. The number of benzene rings is 4. The molecule has 0 fully saturated rings. The number of hydrogen-bond acceptors (Lipinski definition) is 8. The van der Waals surface area contributed by atoms with Crippen molar-refractivity contribution in [2.24, 2.45) is 0 Å². The Bertz CT molecular complexity index is 2220. The molecule has 1 amide bonds. The van der Waals surface area contributed by atoms with E-state index in [1.807, 2.05) is 78.2 Å². The third-order valence-electron chi connectivity index (χ3n) is 7.90. The lowest BCUT2D eigenvalue weighted by molar-refractivity contribution is -0.115. The monoisotopic (exact) mass is 681 g/mol. The number of aromatic nitrogens is 1. The molecule has 0 saturated heterocycles. The Balaban J connectivity index is 1.32. The number of carbonyl (C=O) groups is 2. The number of ketones is 1. The van der Waals surface area contributed by atoms with Gasteiger partial charge in [-0.2, -0.15) is 5.26 Å². The zero-order valence-electron chi connectivity index (χ0n) is 27.0. The fourth-order valence-corrected chi connectivity index (χ4v) is 6.90. The number of thioether (sulfide) groups is 1. The maximum atomic E-state index is 13.5. The number of fused-ring (bicyclic) bond motifs is 1. The minimum absolute atomic E-state index is 0.124. The standard InChI is InChI=1S/C40H31N3O4S2/c1-25(39(45)42-28-15-13-27(14-16-28)37(44)20-18-30-10-7-21-48-30)49-40-35(24-41)34(33-19-17-29(46-2)22-38(33)47-3)23-36(43-40)32-12-6-9-26-8-4-5-11-31(26)32/h4-23,25H,1-3H3,(H,42,45). The number of thiophene rings is 1. The Labute approximate surface area is 292 Å². The lowest BCUT2D eigenvalue weighted by Gasteiger charge is -2.18. The van der Waals surface area contributed by atoms with Crippen molar-refractivity contribution in [3.8, 4) is 40.0 Å². The number of rotatable bonds is 11. The van der Waals surface area contributed by atoms with Crippen LogP contribution in [0, 0.1) is 11.3 Å². The minimum atomic E-state index is -0.622. The van der Waals surface area contributed by atoms with Gasteiger partial charge in [-0.25, -0.2) is 4.98 Å². The van der Waals surface area contributed by atoms with Crippen LogP contribution in [-0.2, 0) is 4.79 Å². The van der Waals surface area contributed by atoms with Gasteiger partial charge in [0.2, 0.25) is 5.91 Å². The van der Waals surface area contributed by atoms with Gasteiger partial charge < -0.3 is 14.8 Å². The van der Waals surface area contributed by atoms with Gasteiger partial charge >= 0.3 is 0 Å². The molecule has 7 nitrogen and oxygen atoms in total. The Kier molecular flexibility index (Phi) is 10.2. The molecule has 1 unspecified atom stereocenters. The number of allylic oxidation sites excluding steroid dienone is 1. The van der Waals surface area contributed by atoms with E-state index >= 15 is 0 Å². The van der Waals surface area contributed by atoms with Crippen LogP contribution in [0.2, 0.25) is 0 Å². The second-order valence-corrected chi connectivity index (χ2v) is 13.3. The molecule has 0 bridgehead atoms. The van der Waals surface area contributed by atoms with E-state index in [4.69, 9.17) is 14.5 Å². The van der Waals surface area contributed by atoms with Gasteiger partial charge in [0.15, 0.2) is 5.78 Å². The van der Waals surface area contributed by atoms with Crippen molar-refractivity contribution < 1.29 is 19.1 Å². The number of ether oxygens (including phenoxy) is 2. The molecule has 6 rings (SSSR count). The Morgan fingerprint density at radius 1 is 0.898 bits per heavy atom. The van der Waals surface area contributed by atoms with E-state index in [0.717, 1.165) is 21.2 Å². The van der Waals surface area contributed by atoms with Crippen molar-refractivity contribution in [2.45, 2.75) is 17.2 Å². The Hall–Kier alpha value is -5.69. The molecule has 0 aliphatic carbocycles. The number of nitrogens with zero attached hydrogens (tertiary/aromatic N) is 2. The molecule has 0 saturated carbocycles. The van der Waals surface area contributed by atoms with Crippen LogP contribution in [0.15, 0.2) is 120 Å². The summed E-state index contributed by atoms with van der Waals surface area (Å²) < 4.78 is 11.1. The molecule has 2 heterocycles. The average molecular weight is 682 g/mol. The summed E-state index contributed by atoms with van der Waals surface area (Å²) in [6, 6.07) is 34.4. The summed E-state index contributed by atoms with van der Waals surface area (Å²) in [6.07, 6.45) is 3.33. The largest absolute Gasteiger partial charge is 0.497 e. The first-order valence-electron chi connectivity index (χ1n) is 15.4. The van der Waals surface area contributed by atoms with E-state index < -0.39 is 5.25 Å². The van der Waals surface area contributed by atoms with Crippen molar-refractivity contribution in [1.82, 2.24) is 4.98 Å². The first-order chi connectivity index (χ1) is 23.9. The molecule has 0 spiro atoms. The van der Waals surface area contributed by atoms with E-state index in [9.17, 15) is 14.9 Å². The van der Waals surface area contributed by atoms with Crippen LogP contribution in [0.4, 0.5) is 5.69 Å². The molecule has 4 aromatic carbocycles. The third kappa shape index (κ3) is 7.41. The van der Waals surface area contributed by atoms with Crippen LogP contribution in [0.25, 0.3) is 39.2 Å². The van der Waals surface area contributed by atoms with Crippen LogP contribution >= 0.6 is 23.1 Å². The average Bonchev–Trinajstić information content (AvgIpc) is 3.67. The summed E-state index contributed by atoms with van der Waals surface area (Å²) in [5, 5.41) is 17.3. The van der Waals surface area contributed by atoms with E-state index in [0.29, 0.717) is 50.2 Å². The van der Waals surface area contributed by atoms with Gasteiger partial charge in [0.25, 0.3) is 0 Å². The van der Waals surface area contributed by atoms with Crippen LogP contribution in [0.3, 0.4) is 0 Å². The molecule has 0 radical (unpaired) electrons. The highest BCUT2D eigenvalue weighted by Gasteiger charge is 2.23. The topological polar surface area (TPSA) is 101 Å². The number of hydrogen-bond donors (Lipinski definition) is 1. The van der Waals surface area contributed by atoms with Crippen LogP contribution in [0.5, 0.6) is 11.5 Å². The molecule has 1 atom stereocenters. The van der Waals surface area contributed by atoms with Crippen molar-refractivity contribution in [3.05, 3.63) is 131 Å². The van der Waals surface area contributed by atoms with Crippen molar-refractivity contribution in [3.63, 3.8) is 0 Å². The number of nitrogens with one attached hydrogen (secondary N) is 1. The van der Waals surface area contributed by atoms with Crippen LogP contribution in [0.1, 0.15) is 27.7 Å². The van der Waals surface area contributed by atoms with Crippen molar-refractivity contribution in [2.75, 3.05) is 19.5 Å². The highest BCUT2D eigenvalue weighted by molar-refractivity contribution is 8.00. The van der Waals surface area contributed by atoms with Gasteiger partial charge in [0.1, 0.15) is 22.6 Å². The lowest BCUT2D eigenvalue weighted by Crippen LogP contribution is -2.22. The molecule has 49 heavy (non-hydrogen) atoms. The molecular weight excluding hydrogens is 651 g/mol. The number of anilines is 1. The number of carbonyl (C=O) groups excluding carboxylic acids is 2. The van der Waals surface area contributed by atoms with Crippen LogP contribution < -0.4 is 14.8 Å². The predicted molar refractivity (Wildman–Crippen MR) is 199 cm³/mol. The summed E-state index contributed by atoms with van der Waals surface area (Å²) in [6.45, 7) is 1.77. The fourth-order valence-electron chi connectivity index (χ4n) is 5.36. The first kappa shape index (κ1) is 33.2. The van der Waals surface area contributed by atoms with Crippen LogP contribution in [-0.4, -0.2) is 36.1 Å². The maximum absolute atomic E-state index is 13.5. The van der Waals surface area contributed by atoms with Gasteiger partial charge in [-0.3, -0.25) is 9.59 Å². The van der Waals surface area contributed by atoms with E-state index in [1.165, 1.54) is 11.8 Å². The molecule has 1 N–H and O–H groups in total. The molecule has 0 aliphatic rings. The number of amides is 1. The van der Waals surface area contributed by atoms with E-state index in [2.05, 4.69) is 11.4 Å². The summed E-state index contributed by atoms with van der Waals surface area (Å²) in [5.41, 5.74) is 4.28. The summed E-state index contributed by atoms with van der Waals surface area (Å²) in [7, 11) is 3.16. The predicted octanol–water partition coefficient (Wildman–Crippen LogP) is 9.53. The summed E-state index contributed by atoms with van der Waals surface area (Å²) in [4.78, 5) is 32.1. The number of nitriles is 1. The lowest BCUT2D eigenvalue weighted by atomic mass is 9.96. The zero-order chi connectivity index (χ0) is 34.3. The summed E-state index contributed by atoms with van der Waals surface area (Å²) in [5.74, 6) is 0.762. The second kappa shape index (κ2) is 15.0. The van der Waals surface area contributed by atoms with E-state index in [1.54, 1.807) is 75.0 Å². The van der Waals surface area contributed by atoms with Crippen molar-refractivity contribution in [1.29, 1.82) is 5.26 Å². The van der Waals surface area contributed by atoms with Gasteiger partial charge in [0.05, 0.1) is 30.7 Å². The maximum Gasteiger partial charge on any atom is 0.237 e. The SMILES string of the molecule is COc1ccc(-c2cc(-c3cccc4ccccc34)nc(SC(C)C(=O)Nc3ccc(C(=O)C=Cc4cccs4)cc3)c2C#N)c(OC)c1. The van der Waals surface area contributed by atoms with Gasteiger partial charge in [-0.05, 0) is 83.8 Å². The molecule has 6 aromatic rings. The summed E-state index contributed by atoms with van der Waals surface area (Å²) >= 11 is 2.76. The number of methoxy groups -OCH3 is 2. The zero-order valence-corrected chi connectivity index (χ0v) is 28.6. The third-order valence-corrected chi connectivity index (χ3v) is 9.82. The molecule has 9 heteroatoms. The smallest absolute Gasteiger partial charge is 0.237 e. The van der Waals surface area contributed by atoms with Gasteiger partial charge in [-0.1, -0.05) is 60.3 Å². The molecular formula is C40H31N3O4S2. The molecule has 2 aromatic heterocycles. The highest BCUT2D eigenvalue weighted by atomic mass is 32.2. The molecule has 0 aliphatic heterocycles. The Morgan fingerprint density at radius 2 is 1.69 bits per heavy atom. The molecule has 242 valence electrons. The van der Waals surface area contributed by atoms with Gasteiger partial charge in [-0.15, -0.1) is 11.3 Å². The van der Waals surface area contributed by atoms with Gasteiger partial charge in [0, 0.05) is 38.9 Å². The van der Waals surface area contributed by atoms with Crippen molar-refractivity contribution >= 4 is 57.3 Å². The number of pyridine rings is 1. The second-order valence-electron chi connectivity index (χ2n) is 11.0. The minimum Gasteiger partial charge on any atom is -0.497 e. The normalized spacial score (nSPS) is 11.6.